The Morgan fingerprint density at radius 1 is 0.955 bits per heavy atom. The zero-order valence-electron chi connectivity index (χ0n) is 11.5. The molecule has 0 radical (unpaired) electrons. The van der Waals surface area contributed by atoms with Crippen molar-refractivity contribution in [3.63, 3.8) is 0 Å². The number of nitrogens with one attached hydrogen (secondary N) is 2. The quantitative estimate of drug-likeness (QED) is 0.719. The van der Waals surface area contributed by atoms with Crippen LogP contribution < -0.4 is 10.9 Å². The second-order valence-electron chi connectivity index (χ2n) is 4.59. The molecule has 110 valence electrons. The predicted octanol–water partition coefficient (Wildman–Crippen LogP) is 3.84. The summed E-state index contributed by atoms with van der Waals surface area (Å²) in [6.45, 7) is 0. The van der Waals surface area contributed by atoms with Gasteiger partial charge in [0, 0.05) is 5.56 Å². The molecule has 0 saturated heterocycles. The topological polar surface area (TPSA) is 54.3 Å². The molecule has 1 heterocycles. The van der Waals surface area contributed by atoms with Crippen molar-refractivity contribution in [1.82, 2.24) is 5.43 Å². The number of carbonyl (C=O) groups excluding carboxylic acids is 1. The van der Waals surface area contributed by atoms with E-state index < -0.39 is 11.7 Å². The lowest BCUT2D eigenvalue weighted by Crippen LogP contribution is -2.29. The molecule has 0 fully saturated rings. The minimum atomic E-state index is -0.480. The van der Waals surface area contributed by atoms with Crippen LogP contribution in [-0.2, 0) is 0 Å². The SMILES string of the molecule is O=C(NNc1ccccc1F)c1occc1-c1ccccc1. The molecule has 4 nitrogen and oxygen atoms in total. The van der Waals surface area contributed by atoms with Crippen LogP contribution in [0.5, 0.6) is 0 Å². The van der Waals surface area contributed by atoms with Crippen LogP contribution in [0.3, 0.4) is 0 Å². The molecule has 0 unspecified atom stereocenters. The number of amides is 1. The van der Waals surface area contributed by atoms with Gasteiger partial charge in [-0.2, -0.15) is 0 Å². The second-order valence-corrected chi connectivity index (χ2v) is 4.59. The second kappa shape index (κ2) is 6.13. The first-order valence-electron chi connectivity index (χ1n) is 6.69. The Balaban J connectivity index is 1.77. The molecule has 0 atom stereocenters. The van der Waals surface area contributed by atoms with Crippen molar-refractivity contribution in [2.24, 2.45) is 0 Å². The zero-order valence-corrected chi connectivity index (χ0v) is 11.5. The molecule has 0 spiro atoms. The lowest BCUT2D eigenvalue weighted by molar-refractivity contribution is 0.0936. The maximum atomic E-state index is 13.5. The van der Waals surface area contributed by atoms with E-state index in [1.807, 2.05) is 30.3 Å². The number of hydrazine groups is 1. The Labute approximate surface area is 126 Å². The van der Waals surface area contributed by atoms with Crippen LogP contribution in [0.25, 0.3) is 11.1 Å². The third-order valence-corrected chi connectivity index (χ3v) is 3.14. The Kier molecular flexibility index (Phi) is 3.87. The largest absolute Gasteiger partial charge is 0.458 e. The van der Waals surface area contributed by atoms with E-state index >= 15 is 0 Å². The molecule has 5 heteroatoms. The molecular formula is C17H13FN2O2. The van der Waals surface area contributed by atoms with E-state index in [2.05, 4.69) is 10.9 Å². The van der Waals surface area contributed by atoms with E-state index in [4.69, 9.17) is 4.42 Å². The molecule has 1 amide bonds. The van der Waals surface area contributed by atoms with E-state index in [0.29, 0.717) is 5.56 Å². The van der Waals surface area contributed by atoms with Gasteiger partial charge in [-0.05, 0) is 23.8 Å². The van der Waals surface area contributed by atoms with Gasteiger partial charge in [0.2, 0.25) is 5.76 Å². The van der Waals surface area contributed by atoms with Crippen molar-refractivity contribution in [3.05, 3.63) is 78.5 Å². The summed E-state index contributed by atoms with van der Waals surface area (Å²) in [4.78, 5) is 12.2. The molecule has 0 aliphatic carbocycles. The van der Waals surface area contributed by atoms with Crippen LogP contribution in [-0.4, -0.2) is 5.91 Å². The monoisotopic (exact) mass is 296 g/mol. The fraction of sp³-hybridized carbons (Fsp3) is 0. The number of benzene rings is 2. The van der Waals surface area contributed by atoms with Crippen molar-refractivity contribution < 1.29 is 13.6 Å². The lowest BCUT2D eigenvalue weighted by atomic mass is 10.1. The van der Waals surface area contributed by atoms with E-state index in [0.717, 1.165) is 5.56 Å². The number of carbonyl (C=O) groups is 1. The summed E-state index contributed by atoms with van der Waals surface area (Å²) in [6, 6.07) is 17.2. The van der Waals surface area contributed by atoms with Crippen LogP contribution in [0.15, 0.2) is 71.3 Å². The number of para-hydroxylation sites is 1. The molecule has 3 aromatic rings. The summed E-state index contributed by atoms with van der Waals surface area (Å²) in [6.07, 6.45) is 1.44. The first-order chi connectivity index (χ1) is 10.8. The number of furan rings is 1. The third kappa shape index (κ3) is 2.83. The smallest absolute Gasteiger partial charge is 0.305 e. The predicted molar refractivity (Wildman–Crippen MR) is 81.6 cm³/mol. The molecule has 1 aromatic heterocycles. The summed E-state index contributed by atoms with van der Waals surface area (Å²) in [7, 11) is 0. The van der Waals surface area contributed by atoms with Gasteiger partial charge in [-0.1, -0.05) is 42.5 Å². The molecule has 22 heavy (non-hydrogen) atoms. The number of hydrogen-bond acceptors (Lipinski definition) is 3. The van der Waals surface area contributed by atoms with E-state index in [1.54, 1.807) is 18.2 Å². The molecule has 2 N–H and O–H groups in total. The highest BCUT2D eigenvalue weighted by Crippen LogP contribution is 2.24. The molecular weight excluding hydrogens is 283 g/mol. The number of halogens is 1. The van der Waals surface area contributed by atoms with E-state index in [1.165, 1.54) is 18.4 Å². The molecule has 0 bridgehead atoms. The first-order valence-corrected chi connectivity index (χ1v) is 6.69. The molecule has 0 aliphatic rings. The highest BCUT2D eigenvalue weighted by Gasteiger charge is 2.16. The summed E-state index contributed by atoms with van der Waals surface area (Å²) in [5.41, 5.74) is 6.70. The average molecular weight is 296 g/mol. The number of anilines is 1. The summed E-state index contributed by atoms with van der Waals surface area (Å²) in [5.74, 6) is -0.771. The minimum Gasteiger partial charge on any atom is -0.458 e. The van der Waals surface area contributed by atoms with Crippen LogP contribution in [0.2, 0.25) is 0 Å². The van der Waals surface area contributed by atoms with Gasteiger partial charge in [-0.25, -0.2) is 4.39 Å². The van der Waals surface area contributed by atoms with Crippen molar-refractivity contribution in [3.8, 4) is 11.1 Å². The Bertz CT molecular complexity index is 784. The first kappa shape index (κ1) is 13.9. The van der Waals surface area contributed by atoms with Crippen molar-refractivity contribution in [2.75, 3.05) is 5.43 Å². The van der Waals surface area contributed by atoms with Gasteiger partial charge in [0.25, 0.3) is 0 Å². The number of hydrogen-bond donors (Lipinski definition) is 2. The summed E-state index contributed by atoms with van der Waals surface area (Å²) < 4.78 is 18.7. The maximum Gasteiger partial charge on any atom is 0.305 e. The standard InChI is InChI=1S/C17H13FN2O2/c18-14-8-4-5-9-15(14)19-20-17(21)16-13(10-11-22-16)12-6-2-1-3-7-12/h1-11,19H,(H,20,21). The summed E-state index contributed by atoms with van der Waals surface area (Å²) in [5, 5.41) is 0. The fourth-order valence-corrected chi connectivity index (χ4v) is 2.07. The molecule has 0 saturated carbocycles. The Morgan fingerprint density at radius 3 is 2.45 bits per heavy atom. The van der Waals surface area contributed by atoms with Crippen LogP contribution in [0.1, 0.15) is 10.6 Å². The zero-order chi connectivity index (χ0) is 15.4. The summed E-state index contributed by atoms with van der Waals surface area (Å²) >= 11 is 0. The molecule has 2 aromatic carbocycles. The fourth-order valence-electron chi connectivity index (χ4n) is 2.07. The molecule has 0 aliphatic heterocycles. The van der Waals surface area contributed by atoms with Crippen molar-refractivity contribution in [2.45, 2.75) is 0 Å². The minimum absolute atomic E-state index is 0.162. The average Bonchev–Trinajstić information content (AvgIpc) is 3.04. The molecule has 3 rings (SSSR count). The van der Waals surface area contributed by atoms with Gasteiger partial charge >= 0.3 is 5.91 Å². The Hall–Kier alpha value is -3.08. The van der Waals surface area contributed by atoms with E-state index in [-0.39, 0.29) is 11.4 Å². The van der Waals surface area contributed by atoms with Gasteiger partial charge in [-0.15, -0.1) is 0 Å². The van der Waals surface area contributed by atoms with Gasteiger partial charge in [0.15, 0.2) is 0 Å². The highest BCUT2D eigenvalue weighted by atomic mass is 19.1. The Morgan fingerprint density at radius 2 is 1.68 bits per heavy atom. The van der Waals surface area contributed by atoms with Crippen LogP contribution in [0, 0.1) is 5.82 Å². The van der Waals surface area contributed by atoms with Gasteiger partial charge in [0.1, 0.15) is 5.82 Å². The number of rotatable bonds is 4. The van der Waals surface area contributed by atoms with Crippen molar-refractivity contribution >= 4 is 11.6 Å². The van der Waals surface area contributed by atoms with E-state index in [9.17, 15) is 9.18 Å². The normalized spacial score (nSPS) is 10.2. The van der Waals surface area contributed by atoms with Gasteiger partial charge in [0.05, 0.1) is 12.0 Å². The van der Waals surface area contributed by atoms with Gasteiger partial charge in [-0.3, -0.25) is 15.6 Å². The van der Waals surface area contributed by atoms with Crippen LogP contribution >= 0.6 is 0 Å². The van der Waals surface area contributed by atoms with Gasteiger partial charge < -0.3 is 4.42 Å². The van der Waals surface area contributed by atoms with Crippen LogP contribution in [0.4, 0.5) is 10.1 Å². The maximum absolute atomic E-state index is 13.5. The third-order valence-electron chi connectivity index (χ3n) is 3.14. The van der Waals surface area contributed by atoms with Crippen molar-refractivity contribution in [1.29, 1.82) is 0 Å². The highest BCUT2D eigenvalue weighted by molar-refractivity contribution is 5.98. The lowest BCUT2D eigenvalue weighted by Gasteiger charge is -2.09.